The van der Waals surface area contributed by atoms with Crippen LogP contribution in [0.25, 0.3) is 0 Å². The molecule has 0 saturated heterocycles. The Kier molecular flexibility index (Phi) is 6.07. The van der Waals surface area contributed by atoms with Crippen LogP contribution in [0, 0.1) is 6.92 Å². The van der Waals surface area contributed by atoms with Gasteiger partial charge in [-0.3, -0.25) is 4.79 Å². The summed E-state index contributed by atoms with van der Waals surface area (Å²) in [6.45, 7) is 3.32. The zero-order valence-corrected chi connectivity index (χ0v) is 8.95. The van der Waals surface area contributed by atoms with Crippen LogP contribution < -0.4 is 0 Å². The molecule has 0 fully saturated rings. The van der Waals surface area contributed by atoms with Gasteiger partial charge in [-0.1, -0.05) is 35.9 Å². The van der Waals surface area contributed by atoms with E-state index >= 15 is 0 Å². The highest BCUT2D eigenvalue weighted by molar-refractivity contribution is 5.88. The molecule has 0 N–H and O–H groups in total. The Balaban J connectivity index is 0.000000288. The van der Waals surface area contributed by atoms with Crippen molar-refractivity contribution in [1.82, 2.24) is 0 Å². The van der Waals surface area contributed by atoms with E-state index in [2.05, 4.69) is 24.0 Å². The summed E-state index contributed by atoms with van der Waals surface area (Å²) >= 11 is 0. The maximum Gasteiger partial charge on any atom is 0.473 e. The molecule has 1 aromatic carbocycles. The molecule has 1 aromatic rings. The zero-order valence-electron chi connectivity index (χ0n) is 8.95. The number of rotatable bonds is 0. The highest BCUT2D eigenvalue weighted by atomic mass is 19.4. The first-order chi connectivity index (χ1) is 7.38. The van der Waals surface area contributed by atoms with Crippen molar-refractivity contribution in [2.24, 2.45) is 4.99 Å². The second-order valence-electron chi connectivity index (χ2n) is 2.84. The van der Waals surface area contributed by atoms with Crippen molar-refractivity contribution < 1.29 is 18.0 Å². The number of hydrogen-bond donors (Lipinski definition) is 0. The van der Waals surface area contributed by atoms with Crippen LogP contribution >= 0.6 is 0 Å². The van der Waals surface area contributed by atoms with E-state index in [4.69, 9.17) is 0 Å². The minimum atomic E-state index is -4.83. The lowest BCUT2D eigenvalue weighted by atomic mass is 10.2. The van der Waals surface area contributed by atoms with Crippen LogP contribution in [-0.4, -0.2) is 18.3 Å². The summed E-state index contributed by atoms with van der Waals surface area (Å²) in [6.07, 6.45) is -4.03. The van der Waals surface area contributed by atoms with Crippen LogP contribution in [0.1, 0.15) is 12.5 Å². The van der Waals surface area contributed by atoms with Gasteiger partial charge >= 0.3 is 12.1 Å². The number of halogens is 3. The van der Waals surface area contributed by atoms with Crippen LogP contribution in [0.3, 0.4) is 0 Å². The summed E-state index contributed by atoms with van der Waals surface area (Å²) < 4.78 is 33.5. The average molecular weight is 231 g/mol. The fourth-order valence-electron chi connectivity index (χ4n) is 0.725. The number of aryl methyl sites for hydroxylation is 1. The number of hydrogen-bond acceptors (Lipinski definition) is 1. The standard InChI is InChI=1S/C7H8.C4H4F3NO/c1-7-5-3-2-4-6-7;1-2-8-3(9)4(5,6)7/h2-6H,1H3;2H,1H3. The van der Waals surface area contributed by atoms with Gasteiger partial charge in [0.1, 0.15) is 0 Å². The highest BCUT2D eigenvalue weighted by Crippen LogP contribution is 2.15. The number of nitrogens with zero attached hydrogens (tertiary/aromatic N) is 1. The van der Waals surface area contributed by atoms with E-state index in [1.165, 1.54) is 12.5 Å². The highest BCUT2D eigenvalue weighted by Gasteiger charge is 2.37. The number of alkyl halides is 3. The summed E-state index contributed by atoms with van der Waals surface area (Å²) in [5, 5.41) is 0. The predicted molar refractivity (Wildman–Crippen MR) is 56.4 cm³/mol. The molecule has 0 unspecified atom stereocenters. The van der Waals surface area contributed by atoms with Crippen LogP contribution in [0.5, 0.6) is 0 Å². The van der Waals surface area contributed by atoms with Gasteiger partial charge in [-0.2, -0.15) is 13.2 Å². The molecule has 0 aliphatic carbocycles. The van der Waals surface area contributed by atoms with Crippen LogP contribution in [0.4, 0.5) is 13.2 Å². The lowest BCUT2D eigenvalue weighted by Gasteiger charge is -1.96. The number of carbonyl (C=O) groups is 1. The smallest absolute Gasteiger partial charge is 0.262 e. The van der Waals surface area contributed by atoms with Crippen molar-refractivity contribution in [3.8, 4) is 0 Å². The zero-order chi connectivity index (χ0) is 12.6. The third kappa shape index (κ3) is 6.75. The molecule has 0 aliphatic rings. The van der Waals surface area contributed by atoms with Gasteiger partial charge in [0.05, 0.1) is 0 Å². The molecular formula is C11H12F3NO. The Hall–Kier alpha value is -1.65. The maximum atomic E-state index is 11.2. The number of benzene rings is 1. The van der Waals surface area contributed by atoms with E-state index in [1.54, 1.807) is 0 Å². The van der Waals surface area contributed by atoms with Crippen molar-refractivity contribution >= 4 is 12.1 Å². The van der Waals surface area contributed by atoms with Crippen LogP contribution in [0.15, 0.2) is 35.3 Å². The molecule has 1 rings (SSSR count). The molecule has 0 radical (unpaired) electrons. The molecule has 0 aliphatic heterocycles. The van der Waals surface area contributed by atoms with Gasteiger partial charge in [0.15, 0.2) is 0 Å². The first kappa shape index (κ1) is 14.4. The topological polar surface area (TPSA) is 29.4 Å². The van der Waals surface area contributed by atoms with Crippen LogP contribution in [-0.2, 0) is 4.79 Å². The molecular weight excluding hydrogens is 219 g/mol. The van der Waals surface area contributed by atoms with Crippen LogP contribution in [0.2, 0.25) is 0 Å². The van der Waals surface area contributed by atoms with Gasteiger partial charge in [-0.25, -0.2) is 4.99 Å². The molecule has 1 amide bonds. The Morgan fingerprint density at radius 1 is 1.25 bits per heavy atom. The SMILES string of the molecule is CC=NC(=O)C(F)(F)F.Cc1ccccc1. The Morgan fingerprint density at radius 3 is 1.94 bits per heavy atom. The number of aliphatic imine (C=N–C) groups is 1. The average Bonchev–Trinajstić information content (AvgIpc) is 2.19. The normalized spacial score (nSPS) is 10.8. The van der Waals surface area contributed by atoms with E-state index in [9.17, 15) is 18.0 Å². The monoisotopic (exact) mass is 231 g/mol. The number of carbonyl (C=O) groups excluding carboxylic acids is 1. The van der Waals surface area contributed by atoms with Crippen molar-refractivity contribution in [2.45, 2.75) is 20.0 Å². The molecule has 2 nitrogen and oxygen atoms in total. The minimum absolute atomic E-state index is 0.801. The molecule has 0 spiro atoms. The van der Waals surface area contributed by atoms with Gasteiger partial charge in [0, 0.05) is 6.21 Å². The van der Waals surface area contributed by atoms with Crippen molar-refractivity contribution in [3.05, 3.63) is 35.9 Å². The van der Waals surface area contributed by atoms with Crippen molar-refractivity contribution in [1.29, 1.82) is 0 Å². The van der Waals surface area contributed by atoms with Gasteiger partial charge in [-0.15, -0.1) is 0 Å². The third-order valence-electron chi connectivity index (χ3n) is 1.43. The summed E-state index contributed by atoms with van der Waals surface area (Å²) in [6, 6.07) is 10.3. The largest absolute Gasteiger partial charge is 0.473 e. The second kappa shape index (κ2) is 6.76. The molecule has 0 heterocycles. The first-order valence-electron chi connectivity index (χ1n) is 4.49. The summed E-state index contributed by atoms with van der Waals surface area (Å²) in [4.78, 5) is 12.2. The molecule has 16 heavy (non-hydrogen) atoms. The van der Waals surface area contributed by atoms with E-state index in [1.807, 2.05) is 18.2 Å². The van der Waals surface area contributed by atoms with Gasteiger partial charge in [0.2, 0.25) is 0 Å². The quantitative estimate of drug-likeness (QED) is 0.630. The maximum absolute atomic E-state index is 11.2. The summed E-state index contributed by atoms with van der Waals surface area (Å²) in [7, 11) is 0. The molecule has 88 valence electrons. The first-order valence-corrected chi connectivity index (χ1v) is 4.49. The minimum Gasteiger partial charge on any atom is -0.262 e. The fraction of sp³-hybridized carbons (Fsp3) is 0.273. The van der Waals surface area contributed by atoms with Crippen molar-refractivity contribution in [3.63, 3.8) is 0 Å². The summed E-state index contributed by atoms with van der Waals surface area (Å²) in [5.41, 5.74) is 1.32. The molecule has 0 bridgehead atoms. The fourth-order valence-corrected chi connectivity index (χ4v) is 0.725. The molecule has 5 heteroatoms. The lowest BCUT2D eigenvalue weighted by Crippen LogP contribution is -2.19. The molecule has 0 saturated carbocycles. The predicted octanol–water partition coefficient (Wildman–Crippen LogP) is 3.16. The van der Waals surface area contributed by atoms with Gasteiger partial charge in [0.25, 0.3) is 0 Å². The third-order valence-corrected chi connectivity index (χ3v) is 1.43. The molecule has 0 aromatic heterocycles. The van der Waals surface area contributed by atoms with Gasteiger partial charge in [-0.05, 0) is 13.8 Å². The van der Waals surface area contributed by atoms with E-state index < -0.39 is 12.1 Å². The Bertz CT molecular complexity index is 344. The second-order valence-corrected chi connectivity index (χ2v) is 2.84. The Morgan fingerprint density at radius 2 is 1.75 bits per heavy atom. The van der Waals surface area contributed by atoms with Gasteiger partial charge < -0.3 is 0 Å². The summed E-state index contributed by atoms with van der Waals surface area (Å²) in [5.74, 6) is -2.06. The number of amides is 1. The lowest BCUT2D eigenvalue weighted by molar-refractivity contribution is -0.169. The molecule has 0 atom stereocenters. The van der Waals surface area contributed by atoms with Crippen molar-refractivity contribution in [2.75, 3.05) is 0 Å². The van der Waals surface area contributed by atoms with E-state index in [0.29, 0.717) is 0 Å². The Labute approximate surface area is 91.8 Å². The van der Waals surface area contributed by atoms with E-state index in [0.717, 1.165) is 6.21 Å². The van der Waals surface area contributed by atoms with E-state index in [-0.39, 0.29) is 0 Å².